The van der Waals surface area contributed by atoms with E-state index >= 15 is 0 Å². The predicted molar refractivity (Wildman–Crippen MR) is 180 cm³/mol. The van der Waals surface area contributed by atoms with Gasteiger partial charge in [-0.2, -0.15) is 8.78 Å². The van der Waals surface area contributed by atoms with Gasteiger partial charge in [-0.15, -0.1) is 12.4 Å². The summed E-state index contributed by atoms with van der Waals surface area (Å²) in [6, 6.07) is 9.41. The molecule has 15 heteroatoms. The molecule has 2 atom stereocenters. The summed E-state index contributed by atoms with van der Waals surface area (Å²) in [5.74, 6) is -0.416. The van der Waals surface area contributed by atoms with E-state index in [0.29, 0.717) is 42.0 Å². The lowest BCUT2D eigenvalue weighted by molar-refractivity contribution is -0.154. The van der Waals surface area contributed by atoms with E-state index in [9.17, 15) is 23.2 Å². The third-order valence-electron chi connectivity index (χ3n) is 8.44. The zero-order chi connectivity index (χ0) is 34.0. The Balaban J connectivity index is 0.00000520. The Bertz CT molecular complexity index is 1830. The number of carbonyl (C=O) groups excluding carboxylic acids is 2. The van der Waals surface area contributed by atoms with Gasteiger partial charge in [0.25, 0.3) is 11.5 Å². The number of esters is 1. The van der Waals surface area contributed by atoms with Crippen molar-refractivity contribution < 1.29 is 27.8 Å². The SMILES string of the molecule is Cc1ccc(OC(F)F)c(Cn2c3cc(-c4cnc(N5CCN(C(=O)COC(=O)C(N)C(C)C)[C@H](C)C5)nc4)ccc3c(=O)n2C)c1.Cl. The molecule has 0 spiro atoms. The van der Waals surface area contributed by atoms with Crippen LogP contribution < -0.4 is 20.9 Å². The molecule has 0 saturated carbocycles. The number of nitrogens with two attached hydrogens (primary N) is 1. The summed E-state index contributed by atoms with van der Waals surface area (Å²) in [4.78, 5) is 50.7. The van der Waals surface area contributed by atoms with Gasteiger partial charge in [-0.25, -0.2) is 9.97 Å². The first kappa shape index (κ1) is 36.3. The second kappa shape index (κ2) is 15.1. The summed E-state index contributed by atoms with van der Waals surface area (Å²) in [7, 11) is 1.63. The van der Waals surface area contributed by atoms with Crippen molar-refractivity contribution >= 4 is 41.1 Å². The molecule has 1 fully saturated rings. The number of benzene rings is 2. The van der Waals surface area contributed by atoms with Gasteiger partial charge in [0, 0.05) is 56.2 Å². The van der Waals surface area contributed by atoms with Gasteiger partial charge in [0.05, 0.1) is 17.4 Å². The summed E-state index contributed by atoms with van der Waals surface area (Å²) in [5.41, 5.74) is 9.10. The van der Waals surface area contributed by atoms with Gasteiger partial charge in [0.1, 0.15) is 11.8 Å². The van der Waals surface area contributed by atoms with Crippen LogP contribution in [0.5, 0.6) is 5.75 Å². The molecule has 48 heavy (non-hydrogen) atoms. The lowest BCUT2D eigenvalue weighted by Crippen LogP contribution is -2.55. The van der Waals surface area contributed by atoms with Crippen LogP contribution in [0.15, 0.2) is 53.6 Å². The third kappa shape index (κ3) is 7.76. The molecule has 1 amide bonds. The topological polar surface area (TPSA) is 138 Å². The lowest BCUT2D eigenvalue weighted by Gasteiger charge is -2.39. The first-order valence-corrected chi connectivity index (χ1v) is 15.4. The molecular formula is C33H40ClF2N7O5. The van der Waals surface area contributed by atoms with Crippen LogP contribution in [-0.4, -0.2) is 81.0 Å². The normalized spacial score (nSPS) is 15.5. The van der Waals surface area contributed by atoms with Crippen LogP contribution in [0.1, 0.15) is 31.9 Å². The molecule has 2 aromatic carbocycles. The summed E-state index contributed by atoms with van der Waals surface area (Å²) in [6.07, 6.45) is 3.40. The zero-order valence-corrected chi connectivity index (χ0v) is 28.2. The first-order chi connectivity index (χ1) is 22.3. The smallest absolute Gasteiger partial charge is 0.387 e. The minimum absolute atomic E-state index is 0. The number of amides is 1. The number of anilines is 1. The van der Waals surface area contributed by atoms with Gasteiger partial charge in [-0.1, -0.05) is 37.6 Å². The molecule has 0 aliphatic carbocycles. The summed E-state index contributed by atoms with van der Waals surface area (Å²) in [6.45, 7) is 5.58. The molecule has 2 N–H and O–H groups in total. The second-order valence-electron chi connectivity index (χ2n) is 12.1. The van der Waals surface area contributed by atoms with Gasteiger partial charge < -0.3 is 25.0 Å². The number of nitrogens with zero attached hydrogens (tertiary/aromatic N) is 6. The molecule has 0 bridgehead atoms. The number of hydrogen-bond donors (Lipinski definition) is 1. The average Bonchev–Trinajstić information content (AvgIpc) is 3.28. The van der Waals surface area contributed by atoms with Crippen molar-refractivity contribution in [3.8, 4) is 16.9 Å². The lowest BCUT2D eigenvalue weighted by atomic mass is 10.1. The average molecular weight is 688 g/mol. The van der Waals surface area contributed by atoms with Crippen molar-refractivity contribution in [2.24, 2.45) is 18.7 Å². The van der Waals surface area contributed by atoms with E-state index < -0.39 is 18.6 Å². The molecule has 1 unspecified atom stereocenters. The fourth-order valence-electron chi connectivity index (χ4n) is 5.67. The van der Waals surface area contributed by atoms with Crippen LogP contribution in [-0.2, 0) is 27.9 Å². The summed E-state index contributed by atoms with van der Waals surface area (Å²) < 4.78 is 39.3. The van der Waals surface area contributed by atoms with E-state index in [2.05, 4.69) is 9.97 Å². The molecule has 0 radical (unpaired) electrons. The Morgan fingerprint density at radius 1 is 1.06 bits per heavy atom. The highest BCUT2D eigenvalue weighted by Crippen LogP contribution is 2.27. The molecule has 1 aliphatic rings. The molecule has 3 heterocycles. The molecule has 5 rings (SSSR count). The van der Waals surface area contributed by atoms with Crippen LogP contribution in [0.2, 0.25) is 0 Å². The third-order valence-corrected chi connectivity index (χ3v) is 8.44. The predicted octanol–water partition coefficient (Wildman–Crippen LogP) is 3.74. The van der Waals surface area contributed by atoms with Gasteiger partial charge in [0.15, 0.2) is 6.61 Å². The van der Waals surface area contributed by atoms with Crippen molar-refractivity contribution in [1.29, 1.82) is 0 Å². The number of piperazine rings is 1. The second-order valence-corrected chi connectivity index (χ2v) is 12.1. The number of aryl methyl sites for hydroxylation is 1. The number of carbonyl (C=O) groups is 2. The fourth-order valence-corrected chi connectivity index (χ4v) is 5.67. The molecule has 12 nitrogen and oxygen atoms in total. The maximum atomic E-state index is 13.1. The number of ether oxygens (including phenoxy) is 2. The zero-order valence-electron chi connectivity index (χ0n) is 27.4. The van der Waals surface area contributed by atoms with Crippen LogP contribution >= 0.6 is 12.4 Å². The van der Waals surface area contributed by atoms with E-state index in [4.69, 9.17) is 15.2 Å². The van der Waals surface area contributed by atoms with Crippen molar-refractivity contribution in [1.82, 2.24) is 24.2 Å². The largest absolute Gasteiger partial charge is 0.454 e. The Hall–Kier alpha value is -4.56. The van der Waals surface area contributed by atoms with E-state index in [0.717, 1.165) is 16.7 Å². The maximum Gasteiger partial charge on any atom is 0.387 e. The minimum atomic E-state index is -2.98. The van der Waals surface area contributed by atoms with E-state index in [1.165, 1.54) is 10.7 Å². The summed E-state index contributed by atoms with van der Waals surface area (Å²) in [5, 5.41) is 0.483. The van der Waals surface area contributed by atoms with Gasteiger partial charge in [-0.3, -0.25) is 23.7 Å². The maximum absolute atomic E-state index is 13.1. The molecule has 258 valence electrons. The molecule has 1 saturated heterocycles. The number of fused-ring (bicyclic) bond motifs is 1. The van der Waals surface area contributed by atoms with E-state index in [1.54, 1.807) is 47.2 Å². The quantitative estimate of drug-likeness (QED) is 0.247. The van der Waals surface area contributed by atoms with Gasteiger partial charge >= 0.3 is 12.6 Å². The highest BCUT2D eigenvalue weighted by molar-refractivity contribution is 5.86. The van der Waals surface area contributed by atoms with Crippen molar-refractivity contribution in [2.75, 3.05) is 31.1 Å². The van der Waals surface area contributed by atoms with Crippen LogP contribution in [0.3, 0.4) is 0 Å². The minimum Gasteiger partial charge on any atom is -0.454 e. The number of alkyl halides is 2. The van der Waals surface area contributed by atoms with Crippen molar-refractivity contribution in [2.45, 2.75) is 52.9 Å². The first-order valence-electron chi connectivity index (χ1n) is 15.4. The molecular weight excluding hydrogens is 648 g/mol. The van der Waals surface area contributed by atoms with E-state index in [-0.39, 0.29) is 54.7 Å². The standard InChI is InChI=1S/C33H39F2N7O5.ClH/c1-19(2)29(36)31(45)46-18-28(43)41-11-10-40(16-21(41)4)33-37-14-24(15-38-33)22-7-8-25-26(13-22)42(39(5)30(25)44)17-23-12-20(3)6-9-27(23)47-32(34)35;/h6-9,12-15,19,21,29,32H,10-11,16-18,36H2,1-5H3;1H/t21-,29?;/m1./s1. The number of halogens is 3. The highest BCUT2D eigenvalue weighted by atomic mass is 35.5. The summed E-state index contributed by atoms with van der Waals surface area (Å²) >= 11 is 0. The molecule has 1 aliphatic heterocycles. The Kier molecular flexibility index (Phi) is 11.4. The number of rotatable bonds is 10. The molecule has 4 aromatic rings. The fraction of sp³-hybridized carbons (Fsp3) is 0.424. The van der Waals surface area contributed by atoms with Crippen LogP contribution in [0, 0.1) is 12.8 Å². The highest BCUT2D eigenvalue weighted by Gasteiger charge is 2.30. The Labute approximate surface area is 282 Å². The van der Waals surface area contributed by atoms with Crippen molar-refractivity contribution in [3.05, 3.63) is 70.3 Å². The Morgan fingerprint density at radius 3 is 2.42 bits per heavy atom. The van der Waals surface area contributed by atoms with Gasteiger partial charge in [0.2, 0.25) is 5.95 Å². The number of aromatic nitrogens is 4. The molecule has 2 aromatic heterocycles. The van der Waals surface area contributed by atoms with Crippen LogP contribution in [0.4, 0.5) is 14.7 Å². The van der Waals surface area contributed by atoms with Crippen LogP contribution in [0.25, 0.3) is 22.0 Å². The monoisotopic (exact) mass is 687 g/mol. The Morgan fingerprint density at radius 2 is 1.77 bits per heavy atom. The van der Waals surface area contributed by atoms with Crippen molar-refractivity contribution in [3.63, 3.8) is 0 Å². The van der Waals surface area contributed by atoms with E-state index in [1.807, 2.05) is 44.7 Å². The number of hydrogen-bond acceptors (Lipinski definition) is 9. The van der Waals surface area contributed by atoms with Gasteiger partial charge in [-0.05, 0) is 43.5 Å².